The van der Waals surface area contributed by atoms with Crippen LogP contribution < -0.4 is 68.0 Å². The standard InChI is InChI=1S/C27H25N5O.C27H29N5O.C25H20N4O2.2C5H14N2.B.Cl2OS.Na.H/c1-19-16-25(32(30-19)24-15-9-13-22(18-24)28-2)27(33)29-23-14-8-12-21(17-23)26(31(3)4)20-10-6-5-7-11-20;1-19-15-25(32(30-19)24-14-7-9-20(16-24)18-28)27(33)29-23-13-8-12-22(17-23)26(31(2)3)21-10-5-4-6-11-21;1-17-14-23(29(28-17)22-13-7-11-20(16-22)26-2)25(31)27-21-12-6-10-19(15-21)24(30)18-8-4-3-5-9-18;1-6-4-5-7(2)3;6-4-2-1-3-5-7;;1-4(2)3;;/h5-18,26H,1,3-4H3,(H,29,33);4-17,26H,18,28H2,1-3H3,(H,29,33);3-16,24,30H,1H3,(H,27,31);6H,4-5H2,1-3H3;1-7H2;;;;/q;;;;;;;+1;-1. The minimum absolute atomic E-state index is 0. The molecule has 0 aliphatic carbocycles. The first-order valence-electron chi connectivity index (χ1n) is 37.2. The molecular weight excluding hydrogens is 1540 g/mol. The molecule has 0 fully saturated rings. The van der Waals surface area contributed by atoms with Gasteiger partial charge >= 0.3 is 29.6 Å². The number of nitrogens with one attached hydrogen (secondary N) is 4. The first-order valence-corrected chi connectivity index (χ1v) is 40.0. The van der Waals surface area contributed by atoms with Gasteiger partial charge in [-0.1, -0.05) is 170 Å². The first-order chi connectivity index (χ1) is 55.4. The number of likely N-dealkylation sites (N-methyl/N-ethyl adjacent to an activating group) is 2. The van der Waals surface area contributed by atoms with E-state index in [1.807, 2.05) is 181 Å². The number of aliphatic hydroxyl groups excluding tert-OH is 1. The van der Waals surface area contributed by atoms with Crippen LogP contribution in [0.2, 0.25) is 0 Å². The van der Waals surface area contributed by atoms with Crippen molar-refractivity contribution in [2.45, 2.75) is 64.8 Å². The van der Waals surface area contributed by atoms with Gasteiger partial charge in [0.15, 0.2) is 11.4 Å². The third kappa shape index (κ3) is 30.8. The minimum atomic E-state index is -1.67. The Kier molecular flexibility index (Phi) is 42.2. The second-order valence-corrected chi connectivity index (χ2v) is 29.7. The van der Waals surface area contributed by atoms with Gasteiger partial charge in [-0.15, -0.1) is 0 Å². The van der Waals surface area contributed by atoms with Crippen LogP contribution in [0, 0.1) is 33.9 Å². The number of nitrogens with two attached hydrogens (primary N) is 3. The number of unbranched alkanes of at least 4 members (excludes halogenated alkanes) is 2. The topological polar surface area (TPSA) is 287 Å². The summed E-state index contributed by atoms with van der Waals surface area (Å²) in [6.07, 6.45) is 2.64. The first kappa shape index (κ1) is 97.1. The van der Waals surface area contributed by atoms with E-state index in [2.05, 4.69) is 147 Å². The van der Waals surface area contributed by atoms with Gasteiger partial charge in [0.2, 0.25) is 9.23 Å². The Morgan fingerprint density at radius 3 is 1.12 bits per heavy atom. The van der Waals surface area contributed by atoms with Crippen molar-refractivity contribution in [2.75, 3.05) is 91.5 Å². The Labute approximate surface area is 725 Å². The maximum Gasteiger partial charge on any atom is 1.00 e. The number of anilines is 3. The molecule has 0 aliphatic rings. The molecule has 3 aromatic heterocycles. The summed E-state index contributed by atoms with van der Waals surface area (Å²) in [6, 6.07) is 80.1. The van der Waals surface area contributed by atoms with Gasteiger partial charge in [-0.2, -0.15) is 15.3 Å². The zero-order chi connectivity index (χ0) is 83.3. The van der Waals surface area contributed by atoms with Crippen LogP contribution in [0.1, 0.15) is 126 Å². The molecule has 3 atom stereocenters. The Balaban J connectivity index is 0.000000332. The van der Waals surface area contributed by atoms with Crippen LogP contribution in [0.25, 0.3) is 26.8 Å². The number of amides is 3. The minimum Gasteiger partial charge on any atom is -1.00 e. The number of benzene rings is 9. The van der Waals surface area contributed by atoms with E-state index < -0.39 is 15.3 Å². The van der Waals surface area contributed by atoms with Gasteiger partial charge in [-0.3, -0.25) is 24.2 Å². The number of carbonyl (C=O) groups excluding carboxylic acids is 3. The summed E-state index contributed by atoms with van der Waals surface area (Å²) in [4.78, 5) is 52.9. The summed E-state index contributed by atoms with van der Waals surface area (Å²) < 4.78 is 13.9. The molecule has 0 saturated carbocycles. The number of hydrogen-bond acceptors (Lipinski definition) is 15. The number of rotatable bonds is 25. The molecule has 603 valence electrons. The summed E-state index contributed by atoms with van der Waals surface area (Å²) in [7, 11) is 21.7. The second kappa shape index (κ2) is 50.8. The van der Waals surface area contributed by atoms with Gasteiger partial charge in [-0.05, 0) is 226 Å². The number of aliphatic hydroxyl groups is 1. The molecule has 117 heavy (non-hydrogen) atoms. The van der Waals surface area contributed by atoms with Crippen LogP contribution in [-0.2, 0) is 15.8 Å². The molecule has 28 heteroatoms. The van der Waals surface area contributed by atoms with Gasteiger partial charge in [0.1, 0.15) is 23.2 Å². The molecule has 3 unspecified atom stereocenters. The molecule has 11 N–H and O–H groups in total. The Hall–Kier alpha value is -10.5. The van der Waals surface area contributed by atoms with Crippen LogP contribution in [0.3, 0.4) is 0 Å². The fourth-order valence-corrected chi connectivity index (χ4v) is 12.2. The average Bonchev–Trinajstić information content (AvgIpc) is 1.65. The number of aromatic nitrogens is 6. The van der Waals surface area contributed by atoms with Gasteiger partial charge in [0.25, 0.3) is 17.7 Å². The molecule has 3 radical (unpaired) electrons. The van der Waals surface area contributed by atoms with E-state index in [1.54, 1.807) is 88.2 Å². The molecule has 12 aromatic rings. The summed E-state index contributed by atoms with van der Waals surface area (Å²) in [5.41, 5.74) is 31.8. The van der Waals surface area contributed by atoms with E-state index in [0.717, 1.165) is 84.0 Å². The average molecular weight is 1640 g/mol. The predicted molar refractivity (Wildman–Crippen MR) is 474 cm³/mol. The molecule has 9 aromatic carbocycles. The molecule has 0 bridgehead atoms. The number of halogens is 2. The summed E-state index contributed by atoms with van der Waals surface area (Å²) >= 11 is 0. The molecule has 12 rings (SSSR count). The van der Waals surface area contributed by atoms with E-state index in [4.69, 9.17) is 34.6 Å². The van der Waals surface area contributed by atoms with E-state index in [-0.39, 0.29) is 69.2 Å². The third-order valence-corrected chi connectivity index (χ3v) is 17.5. The zero-order valence-electron chi connectivity index (χ0n) is 69.1. The zero-order valence-corrected chi connectivity index (χ0v) is 72.4. The van der Waals surface area contributed by atoms with E-state index in [1.165, 1.54) is 22.2 Å². The van der Waals surface area contributed by atoms with Crippen molar-refractivity contribution in [3.63, 3.8) is 0 Å². The van der Waals surface area contributed by atoms with Crippen LogP contribution in [0.4, 0.5) is 28.4 Å². The van der Waals surface area contributed by atoms with Gasteiger partial charge in [0, 0.05) is 66.5 Å². The van der Waals surface area contributed by atoms with Gasteiger partial charge in [0.05, 0.1) is 59.4 Å². The van der Waals surface area contributed by atoms with Crippen molar-refractivity contribution in [2.24, 2.45) is 17.2 Å². The second-order valence-electron chi connectivity index (χ2n) is 27.2. The molecule has 3 amide bonds. The predicted octanol–water partition coefficient (Wildman–Crippen LogP) is 12.9. The number of hydrogen-bond donors (Lipinski definition) is 8. The fraction of sp³-hybridized carbons (Fsp3) is 0.236. The summed E-state index contributed by atoms with van der Waals surface area (Å²) in [6.45, 7) is 24.2. The summed E-state index contributed by atoms with van der Waals surface area (Å²) in [5, 5.41) is 36.1. The SMILES string of the molecule is CNCCN(C)C.Cc1cc(C(=O)Nc2cccc(C(c3ccccc3)N(C)C)c2)n(-c2cccc(CN)c2)n1.NCCCCCN.O=S(Cl)Cl.[B].[C-]#[N+]c1cccc(-n2nc(C)cc2C(=O)Nc2cccc(C(O)c3ccccc3)c2)c1.[C-]#[N+]c1cccc(-n2nc(C)cc2C(=O)Nc2cccc(C(c3ccccc3)N(C)C)c2)c1.[H-].[Na+]. The third-order valence-electron chi connectivity index (χ3n) is 17.5. The molecule has 0 aliphatic heterocycles. The number of carbonyl (C=O) groups is 3. The molecular formula is C89H103BCl2N18NaO5S. The van der Waals surface area contributed by atoms with Crippen molar-refractivity contribution in [1.29, 1.82) is 0 Å². The van der Waals surface area contributed by atoms with Crippen molar-refractivity contribution in [3.05, 3.63) is 351 Å². The van der Waals surface area contributed by atoms with Gasteiger partial charge in [-0.25, -0.2) is 27.9 Å². The Morgan fingerprint density at radius 1 is 0.470 bits per heavy atom. The van der Waals surface area contributed by atoms with E-state index >= 15 is 0 Å². The van der Waals surface area contributed by atoms with Crippen molar-refractivity contribution in [3.8, 4) is 17.1 Å². The van der Waals surface area contributed by atoms with Crippen LogP contribution in [-0.4, -0.2) is 155 Å². The Morgan fingerprint density at radius 2 is 0.795 bits per heavy atom. The molecule has 23 nitrogen and oxygen atoms in total. The van der Waals surface area contributed by atoms with Crippen molar-refractivity contribution >= 4 is 85.2 Å². The van der Waals surface area contributed by atoms with Crippen molar-refractivity contribution < 1.29 is 54.7 Å². The van der Waals surface area contributed by atoms with E-state index in [0.29, 0.717) is 69.0 Å². The molecule has 0 spiro atoms. The monoisotopic (exact) mass is 1640 g/mol. The van der Waals surface area contributed by atoms with Crippen LogP contribution in [0.5, 0.6) is 0 Å². The quantitative estimate of drug-likeness (QED) is 0.0114. The maximum atomic E-state index is 13.3. The largest absolute Gasteiger partial charge is 1.00 e. The molecule has 0 saturated heterocycles. The number of nitrogens with zero attached hydrogens (tertiary/aromatic N) is 11. The number of aryl methyl sites for hydroxylation is 3. The van der Waals surface area contributed by atoms with Crippen molar-refractivity contribution in [1.82, 2.24) is 49.4 Å². The van der Waals surface area contributed by atoms with Gasteiger partial charge < -0.3 is 49.9 Å². The maximum absolute atomic E-state index is 13.3. The normalized spacial score (nSPS) is 11.2. The Bertz CT molecular complexity index is 5180. The smallest absolute Gasteiger partial charge is 1.00 e. The van der Waals surface area contributed by atoms with Crippen LogP contribution in [0.15, 0.2) is 255 Å². The molecule has 3 heterocycles. The van der Waals surface area contributed by atoms with E-state index in [9.17, 15) is 19.5 Å². The summed E-state index contributed by atoms with van der Waals surface area (Å²) in [5.74, 6) is -0.811. The van der Waals surface area contributed by atoms with Crippen LogP contribution >= 0.6 is 21.4 Å². The fourth-order valence-electron chi connectivity index (χ4n) is 12.2.